The predicted octanol–water partition coefficient (Wildman–Crippen LogP) is 13.0. The first-order valence-electron chi connectivity index (χ1n) is 20.2. The zero-order valence-corrected chi connectivity index (χ0v) is 32.1. The largest absolute Gasteiger partial charge is 0.456 e. The van der Waals surface area contributed by atoms with E-state index in [1.807, 2.05) is 0 Å². The lowest BCUT2D eigenvalue weighted by molar-refractivity contribution is 0.365. The molecule has 0 bridgehead atoms. The second-order valence-electron chi connectivity index (χ2n) is 15.8. The van der Waals surface area contributed by atoms with Crippen molar-refractivity contribution in [3.8, 4) is 33.8 Å². The van der Waals surface area contributed by atoms with E-state index in [-0.39, 0.29) is 6.17 Å². The van der Waals surface area contributed by atoms with E-state index in [0.29, 0.717) is 0 Å². The van der Waals surface area contributed by atoms with Gasteiger partial charge in [0.1, 0.15) is 17.7 Å². The van der Waals surface area contributed by atoms with Crippen molar-refractivity contribution in [2.45, 2.75) is 18.0 Å². The van der Waals surface area contributed by atoms with Crippen molar-refractivity contribution in [3.05, 3.63) is 238 Å². The van der Waals surface area contributed by atoms with Gasteiger partial charge in [-0.25, -0.2) is 0 Å². The zero-order chi connectivity index (χ0) is 38.4. The Morgan fingerprint density at radius 2 is 1.24 bits per heavy atom. The van der Waals surface area contributed by atoms with Crippen LogP contribution in [-0.2, 0) is 11.8 Å². The molecule has 0 fully saturated rings. The molecule has 0 saturated heterocycles. The highest BCUT2D eigenvalue weighted by molar-refractivity contribution is 6.13. The summed E-state index contributed by atoms with van der Waals surface area (Å²) in [5.41, 5.74) is 17.2. The summed E-state index contributed by atoms with van der Waals surface area (Å²) >= 11 is 0. The van der Waals surface area contributed by atoms with Crippen molar-refractivity contribution < 1.29 is 4.74 Å². The van der Waals surface area contributed by atoms with Gasteiger partial charge >= 0.3 is 0 Å². The summed E-state index contributed by atoms with van der Waals surface area (Å²) in [6.07, 6.45) is 7.49. The molecule has 12 rings (SSSR count). The minimum Gasteiger partial charge on any atom is -0.456 e. The van der Waals surface area contributed by atoms with Gasteiger partial charge in [0.15, 0.2) is 0 Å². The molecule has 2 aliphatic carbocycles. The lowest BCUT2D eigenvalue weighted by Crippen LogP contribution is -2.32. The van der Waals surface area contributed by atoms with Gasteiger partial charge < -0.3 is 9.64 Å². The van der Waals surface area contributed by atoms with Crippen LogP contribution >= 0.6 is 0 Å². The van der Waals surface area contributed by atoms with E-state index >= 15 is 0 Å². The number of fused-ring (bicyclic) bond motifs is 9. The third-order valence-electron chi connectivity index (χ3n) is 12.8. The summed E-state index contributed by atoms with van der Waals surface area (Å²) in [6, 6.07) is 63.9. The fraction of sp³-hybridized carbons (Fsp3) is 0.0727. The third-order valence-corrected chi connectivity index (χ3v) is 12.8. The average Bonchev–Trinajstić information content (AvgIpc) is 3.57. The molecule has 274 valence electrons. The highest BCUT2D eigenvalue weighted by atomic mass is 16.5. The number of nitrogens with zero attached hydrogens (tertiary/aromatic N) is 2. The molecule has 1 atom stereocenters. The normalized spacial score (nSPS) is 16.5. The third kappa shape index (κ3) is 4.65. The van der Waals surface area contributed by atoms with E-state index in [1.54, 1.807) is 0 Å². The van der Waals surface area contributed by atoms with Crippen molar-refractivity contribution in [2.75, 3.05) is 7.05 Å². The van der Waals surface area contributed by atoms with Crippen LogP contribution in [0, 0.1) is 0 Å². The van der Waals surface area contributed by atoms with E-state index < -0.39 is 5.41 Å². The number of aliphatic imine (C=N–C) groups is 1. The molecule has 58 heavy (non-hydrogen) atoms. The van der Waals surface area contributed by atoms with E-state index in [9.17, 15) is 0 Å². The lowest BCUT2D eigenvalue weighted by Gasteiger charge is -2.40. The molecular formula is C55H38N2O. The first kappa shape index (κ1) is 33.0. The second-order valence-corrected chi connectivity index (χ2v) is 15.8. The van der Waals surface area contributed by atoms with E-state index in [0.717, 1.165) is 57.1 Å². The molecule has 0 radical (unpaired) electrons. The number of ether oxygens (including phenoxy) is 1. The Labute approximate surface area is 338 Å². The van der Waals surface area contributed by atoms with Gasteiger partial charge in [0, 0.05) is 35.0 Å². The van der Waals surface area contributed by atoms with Gasteiger partial charge in [0.2, 0.25) is 0 Å². The summed E-state index contributed by atoms with van der Waals surface area (Å²) in [6.45, 7) is 0. The Balaban J connectivity index is 1.06. The van der Waals surface area contributed by atoms with Crippen molar-refractivity contribution in [3.63, 3.8) is 0 Å². The van der Waals surface area contributed by atoms with Gasteiger partial charge in [-0.05, 0) is 91.5 Å². The zero-order valence-electron chi connectivity index (χ0n) is 32.1. The van der Waals surface area contributed by atoms with Crippen LogP contribution in [-0.4, -0.2) is 17.7 Å². The highest BCUT2D eigenvalue weighted by Crippen LogP contribution is 2.63. The number of rotatable bonds is 4. The predicted molar refractivity (Wildman–Crippen MR) is 237 cm³/mol. The SMILES string of the molecule is CN1C(c2cc3c4c(cccc4c2)CC=C3)=CC(c2ccccc2)=NC1c1ccccc1-c1cccc2c1Oc1ccccc1C21c2ccccc2-c2ccccc21. The first-order valence-corrected chi connectivity index (χ1v) is 20.2. The molecule has 0 N–H and O–H groups in total. The molecule has 3 nitrogen and oxygen atoms in total. The first-order chi connectivity index (χ1) is 28.7. The van der Waals surface area contributed by atoms with Crippen LogP contribution in [0.3, 0.4) is 0 Å². The van der Waals surface area contributed by atoms with Crippen LogP contribution in [0.15, 0.2) is 193 Å². The monoisotopic (exact) mass is 742 g/mol. The fourth-order valence-electron chi connectivity index (χ4n) is 10.3. The Bertz CT molecular complexity index is 3050. The van der Waals surface area contributed by atoms with Gasteiger partial charge in [0.25, 0.3) is 0 Å². The second kappa shape index (κ2) is 12.6. The van der Waals surface area contributed by atoms with Crippen LogP contribution in [0.5, 0.6) is 11.5 Å². The van der Waals surface area contributed by atoms with Crippen LogP contribution < -0.4 is 4.74 Å². The molecule has 2 aliphatic heterocycles. The van der Waals surface area contributed by atoms with Crippen LogP contribution in [0.25, 0.3) is 44.8 Å². The molecule has 4 aliphatic rings. The Kier molecular flexibility index (Phi) is 7.18. The molecule has 8 aromatic rings. The van der Waals surface area contributed by atoms with E-state index in [4.69, 9.17) is 9.73 Å². The Morgan fingerprint density at radius 3 is 2.05 bits per heavy atom. The maximum atomic E-state index is 7.14. The number of benzene rings is 8. The summed E-state index contributed by atoms with van der Waals surface area (Å²) < 4.78 is 7.14. The summed E-state index contributed by atoms with van der Waals surface area (Å²) in [7, 11) is 2.19. The van der Waals surface area contributed by atoms with Crippen molar-refractivity contribution >= 4 is 28.3 Å². The van der Waals surface area contributed by atoms with Crippen LogP contribution in [0.1, 0.15) is 56.2 Å². The smallest absolute Gasteiger partial charge is 0.148 e. The maximum Gasteiger partial charge on any atom is 0.148 e. The summed E-state index contributed by atoms with van der Waals surface area (Å²) in [5.74, 6) is 1.77. The van der Waals surface area contributed by atoms with Crippen molar-refractivity contribution in [1.29, 1.82) is 0 Å². The standard InChI is InChI=1S/C55H38N2O/c1-57-50(39-32-37-20-13-18-36-19-14-21-38(33-39)52(36)37)34-49(35-16-3-2-4-17-35)56-54(57)44-25-6-5-22-40(44)43-26-15-30-48-53(43)58-51-31-12-11-29-47(51)55(48)45-27-9-7-23-41(45)42-24-8-10-28-46(42)55/h2-18,20-34,54H,19H2,1H3. The molecule has 8 aromatic carbocycles. The number of hydrogen-bond donors (Lipinski definition) is 0. The fourth-order valence-corrected chi connectivity index (χ4v) is 10.3. The number of allylic oxidation sites excluding steroid dienone is 2. The Hall–Kier alpha value is -7.23. The van der Waals surface area contributed by atoms with E-state index in [1.165, 1.54) is 55.3 Å². The molecule has 0 saturated carbocycles. The number of hydrogen-bond acceptors (Lipinski definition) is 3. The van der Waals surface area contributed by atoms with Crippen molar-refractivity contribution in [1.82, 2.24) is 4.90 Å². The molecule has 1 spiro atoms. The van der Waals surface area contributed by atoms with Gasteiger partial charge in [-0.3, -0.25) is 4.99 Å². The minimum absolute atomic E-state index is 0.311. The average molecular weight is 743 g/mol. The van der Waals surface area contributed by atoms with Crippen molar-refractivity contribution in [2.24, 2.45) is 4.99 Å². The summed E-state index contributed by atoms with van der Waals surface area (Å²) in [5, 5.41) is 2.62. The molecule has 2 heterocycles. The van der Waals surface area contributed by atoms with Gasteiger partial charge in [-0.15, -0.1) is 0 Å². The molecule has 3 heteroatoms. The van der Waals surface area contributed by atoms with Gasteiger partial charge in [-0.1, -0.05) is 170 Å². The molecule has 0 amide bonds. The van der Waals surface area contributed by atoms with Gasteiger partial charge in [0.05, 0.1) is 11.1 Å². The quantitative estimate of drug-likeness (QED) is 0.179. The van der Waals surface area contributed by atoms with Gasteiger partial charge in [-0.2, -0.15) is 0 Å². The molecular weight excluding hydrogens is 705 g/mol. The van der Waals surface area contributed by atoms with Crippen LogP contribution in [0.4, 0.5) is 0 Å². The maximum absolute atomic E-state index is 7.14. The lowest BCUT2D eigenvalue weighted by atomic mass is 9.65. The molecule has 1 unspecified atom stereocenters. The Morgan fingerprint density at radius 1 is 0.586 bits per heavy atom. The topological polar surface area (TPSA) is 24.8 Å². The molecule has 0 aromatic heterocycles. The number of para-hydroxylation sites is 2. The minimum atomic E-state index is -0.539. The summed E-state index contributed by atoms with van der Waals surface area (Å²) in [4.78, 5) is 7.94. The van der Waals surface area contributed by atoms with Crippen LogP contribution in [0.2, 0.25) is 0 Å². The highest BCUT2D eigenvalue weighted by Gasteiger charge is 2.51. The van der Waals surface area contributed by atoms with E-state index in [2.05, 4.69) is 206 Å².